The zero-order valence-corrected chi connectivity index (χ0v) is 10.4. The Balaban J connectivity index is 2.54. The molecular formula is C12H16N2S. The smallest absolute Gasteiger partial charge is 0.184 e. The predicted octanol–water partition coefficient (Wildman–Crippen LogP) is 3.73. The quantitative estimate of drug-likeness (QED) is 0.834. The number of hydrogen-bond donors (Lipinski definition) is 1. The van der Waals surface area contributed by atoms with Crippen LogP contribution in [0.3, 0.4) is 0 Å². The molecule has 1 N–H and O–H groups in total. The van der Waals surface area contributed by atoms with Gasteiger partial charge in [0, 0.05) is 6.04 Å². The minimum Gasteiger partial charge on any atom is -0.359 e. The van der Waals surface area contributed by atoms with Gasteiger partial charge in [0.25, 0.3) is 0 Å². The Bertz CT molecular complexity index is 447. The molecule has 1 aromatic heterocycles. The van der Waals surface area contributed by atoms with Crippen molar-refractivity contribution in [1.82, 2.24) is 4.98 Å². The highest BCUT2D eigenvalue weighted by Gasteiger charge is 2.08. The minimum absolute atomic E-state index is 0.436. The molecule has 0 atom stereocenters. The summed E-state index contributed by atoms with van der Waals surface area (Å²) in [6, 6.07) is 4.73. The maximum atomic E-state index is 4.62. The van der Waals surface area contributed by atoms with E-state index < -0.39 is 0 Å². The monoisotopic (exact) mass is 220 g/mol. The third-order valence-electron chi connectivity index (χ3n) is 2.35. The zero-order chi connectivity index (χ0) is 11.0. The molecule has 15 heavy (non-hydrogen) atoms. The first-order valence-electron chi connectivity index (χ1n) is 5.21. The molecule has 2 nitrogen and oxygen atoms in total. The number of thiazole rings is 1. The molecule has 0 bridgehead atoms. The fourth-order valence-electron chi connectivity index (χ4n) is 1.57. The molecule has 0 saturated heterocycles. The van der Waals surface area contributed by atoms with Crippen LogP contribution in [-0.4, -0.2) is 11.0 Å². The number of anilines is 1. The van der Waals surface area contributed by atoms with Crippen molar-refractivity contribution >= 4 is 26.7 Å². The standard InChI is InChI=1S/C12H16N2S/c1-7(2)13-12-14-10-8(3)5-6-9(4)11(10)15-12/h5-7H,1-4H3,(H,13,14). The second-order valence-electron chi connectivity index (χ2n) is 4.20. The lowest BCUT2D eigenvalue weighted by atomic mass is 10.1. The molecule has 2 rings (SSSR count). The summed E-state index contributed by atoms with van der Waals surface area (Å²) in [7, 11) is 0. The second-order valence-corrected chi connectivity index (χ2v) is 5.19. The molecule has 0 unspecified atom stereocenters. The van der Waals surface area contributed by atoms with Gasteiger partial charge in [0.05, 0.1) is 10.2 Å². The molecule has 80 valence electrons. The molecule has 0 fully saturated rings. The molecule has 0 aliphatic rings. The molecule has 0 saturated carbocycles. The van der Waals surface area contributed by atoms with E-state index in [1.165, 1.54) is 15.8 Å². The molecule has 0 aliphatic carbocycles. The van der Waals surface area contributed by atoms with Gasteiger partial charge in [0.2, 0.25) is 0 Å². The van der Waals surface area contributed by atoms with Crippen molar-refractivity contribution in [2.24, 2.45) is 0 Å². The summed E-state index contributed by atoms with van der Waals surface area (Å²) in [6.07, 6.45) is 0. The van der Waals surface area contributed by atoms with Gasteiger partial charge in [-0.05, 0) is 38.8 Å². The Labute approximate surface area is 94.3 Å². The van der Waals surface area contributed by atoms with Gasteiger partial charge in [-0.3, -0.25) is 0 Å². The minimum atomic E-state index is 0.436. The summed E-state index contributed by atoms with van der Waals surface area (Å²) in [5.74, 6) is 0. The average molecular weight is 220 g/mol. The second kappa shape index (κ2) is 3.81. The van der Waals surface area contributed by atoms with E-state index in [0.29, 0.717) is 6.04 Å². The van der Waals surface area contributed by atoms with Gasteiger partial charge >= 0.3 is 0 Å². The van der Waals surface area contributed by atoms with Crippen LogP contribution in [0, 0.1) is 13.8 Å². The van der Waals surface area contributed by atoms with Gasteiger partial charge in [0.1, 0.15) is 0 Å². The SMILES string of the molecule is Cc1ccc(C)c2sc(NC(C)C)nc12. The van der Waals surface area contributed by atoms with Gasteiger partial charge < -0.3 is 5.32 Å². The molecule has 0 amide bonds. The largest absolute Gasteiger partial charge is 0.359 e. The van der Waals surface area contributed by atoms with Gasteiger partial charge in [-0.15, -0.1) is 0 Å². The summed E-state index contributed by atoms with van der Waals surface area (Å²) in [4.78, 5) is 4.62. The van der Waals surface area contributed by atoms with Crippen LogP contribution < -0.4 is 5.32 Å². The fraction of sp³-hybridized carbons (Fsp3) is 0.417. The van der Waals surface area contributed by atoms with Crippen LogP contribution in [0.5, 0.6) is 0 Å². The molecule has 0 radical (unpaired) electrons. The third kappa shape index (κ3) is 1.97. The van der Waals surface area contributed by atoms with Gasteiger partial charge in [-0.2, -0.15) is 0 Å². The fourth-order valence-corrected chi connectivity index (χ4v) is 2.73. The number of benzene rings is 1. The lowest BCUT2D eigenvalue weighted by molar-refractivity contribution is 0.897. The van der Waals surface area contributed by atoms with E-state index in [9.17, 15) is 0 Å². The van der Waals surface area contributed by atoms with E-state index in [1.54, 1.807) is 11.3 Å². The highest BCUT2D eigenvalue weighted by Crippen LogP contribution is 2.30. The van der Waals surface area contributed by atoms with Crippen LogP contribution in [0.15, 0.2) is 12.1 Å². The predicted molar refractivity (Wildman–Crippen MR) is 67.9 cm³/mol. The highest BCUT2D eigenvalue weighted by molar-refractivity contribution is 7.22. The molecule has 1 heterocycles. The number of nitrogens with zero attached hydrogens (tertiary/aromatic N) is 1. The van der Waals surface area contributed by atoms with Crippen LogP contribution in [0.25, 0.3) is 10.2 Å². The van der Waals surface area contributed by atoms with Crippen molar-refractivity contribution in [3.63, 3.8) is 0 Å². The van der Waals surface area contributed by atoms with E-state index >= 15 is 0 Å². The summed E-state index contributed by atoms with van der Waals surface area (Å²) in [5, 5.41) is 4.38. The Morgan fingerprint density at radius 3 is 2.47 bits per heavy atom. The van der Waals surface area contributed by atoms with Gasteiger partial charge in [0.15, 0.2) is 5.13 Å². The van der Waals surface area contributed by atoms with Crippen molar-refractivity contribution in [3.8, 4) is 0 Å². The van der Waals surface area contributed by atoms with E-state index in [2.05, 4.69) is 50.1 Å². The van der Waals surface area contributed by atoms with E-state index in [4.69, 9.17) is 0 Å². The molecule has 1 aromatic carbocycles. The summed E-state index contributed by atoms with van der Waals surface area (Å²) >= 11 is 1.74. The van der Waals surface area contributed by atoms with Gasteiger partial charge in [-0.1, -0.05) is 23.5 Å². The molecule has 0 aliphatic heterocycles. The number of hydrogen-bond acceptors (Lipinski definition) is 3. The number of nitrogens with one attached hydrogen (secondary N) is 1. The molecule has 0 spiro atoms. The van der Waals surface area contributed by atoms with E-state index in [1.807, 2.05) is 0 Å². The number of aromatic nitrogens is 1. The zero-order valence-electron chi connectivity index (χ0n) is 9.59. The van der Waals surface area contributed by atoms with Crippen molar-refractivity contribution < 1.29 is 0 Å². The third-order valence-corrected chi connectivity index (χ3v) is 3.48. The van der Waals surface area contributed by atoms with Crippen molar-refractivity contribution in [2.45, 2.75) is 33.7 Å². The summed E-state index contributed by atoms with van der Waals surface area (Å²) in [5.41, 5.74) is 3.71. The molecule has 3 heteroatoms. The van der Waals surface area contributed by atoms with Gasteiger partial charge in [-0.25, -0.2) is 4.98 Å². The van der Waals surface area contributed by atoms with Crippen molar-refractivity contribution in [2.75, 3.05) is 5.32 Å². The molecule has 2 aromatic rings. The first-order valence-corrected chi connectivity index (χ1v) is 6.03. The topological polar surface area (TPSA) is 24.9 Å². The Hall–Kier alpha value is -1.09. The number of aryl methyl sites for hydroxylation is 2. The lowest BCUT2D eigenvalue weighted by Crippen LogP contribution is -2.08. The summed E-state index contributed by atoms with van der Waals surface area (Å²) in [6.45, 7) is 8.51. The van der Waals surface area contributed by atoms with Crippen LogP contribution >= 0.6 is 11.3 Å². The Kier molecular flexibility index (Phi) is 2.65. The van der Waals surface area contributed by atoms with Crippen molar-refractivity contribution in [3.05, 3.63) is 23.3 Å². The number of rotatable bonds is 2. The summed E-state index contributed by atoms with van der Waals surface area (Å²) < 4.78 is 1.30. The van der Waals surface area contributed by atoms with Crippen LogP contribution in [0.4, 0.5) is 5.13 Å². The highest BCUT2D eigenvalue weighted by atomic mass is 32.1. The van der Waals surface area contributed by atoms with E-state index in [0.717, 1.165) is 10.6 Å². The van der Waals surface area contributed by atoms with Crippen LogP contribution in [0.2, 0.25) is 0 Å². The first kappa shape index (κ1) is 10.4. The van der Waals surface area contributed by atoms with E-state index in [-0.39, 0.29) is 0 Å². The normalized spacial score (nSPS) is 11.3. The van der Waals surface area contributed by atoms with Crippen LogP contribution in [0.1, 0.15) is 25.0 Å². The van der Waals surface area contributed by atoms with Crippen LogP contribution in [-0.2, 0) is 0 Å². The first-order chi connectivity index (χ1) is 7.08. The maximum absolute atomic E-state index is 4.62. The molecular weight excluding hydrogens is 204 g/mol. The van der Waals surface area contributed by atoms with Crippen molar-refractivity contribution in [1.29, 1.82) is 0 Å². The number of fused-ring (bicyclic) bond motifs is 1. The maximum Gasteiger partial charge on any atom is 0.184 e. The lowest BCUT2D eigenvalue weighted by Gasteiger charge is -2.03. The Morgan fingerprint density at radius 1 is 1.20 bits per heavy atom. The Morgan fingerprint density at radius 2 is 1.87 bits per heavy atom. The average Bonchev–Trinajstić information content (AvgIpc) is 2.55.